The van der Waals surface area contributed by atoms with Gasteiger partial charge in [-0.3, -0.25) is 4.79 Å². The molecule has 0 spiro atoms. The molecular weight excluding hydrogens is 304 g/mol. The average Bonchev–Trinajstić information content (AvgIpc) is 2.41. The molecule has 1 fully saturated rings. The Balaban J connectivity index is 0.000000401. The predicted octanol–water partition coefficient (Wildman–Crippen LogP) is -1.18. The summed E-state index contributed by atoms with van der Waals surface area (Å²) >= 11 is 0. The first-order chi connectivity index (χ1) is 10.1. The van der Waals surface area contributed by atoms with E-state index in [1.54, 1.807) is 0 Å². The van der Waals surface area contributed by atoms with E-state index < -0.39 is 42.2 Å². The van der Waals surface area contributed by atoms with Crippen LogP contribution in [0.3, 0.4) is 0 Å². The molecule has 5 N–H and O–H groups in total. The number of esters is 1. The Labute approximate surface area is 124 Å². The first kappa shape index (κ1) is 19.8. The van der Waals surface area contributed by atoms with Crippen molar-refractivity contribution in [1.29, 1.82) is 0 Å². The topological polar surface area (TPSA) is 179 Å². The van der Waals surface area contributed by atoms with Crippen molar-refractivity contribution in [1.82, 2.24) is 0 Å². The minimum absolute atomic E-state index is 0.0123. The smallest absolute Gasteiger partial charge is 0.345 e. The van der Waals surface area contributed by atoms with Crippen LogP contribution in [0.1, 0.15) is 32.1 Å². The van der Waals surface area contributed by atoms with Gasteiger partial charge < -0.3 is 30.3 Å². The maximum atomic E-state index is 10.6. The third kappa shape index (κ3) is 8.17. The number of ether oxygens (including phenoxy) is 1. The number of rotatable bonds is 6. The average molecular weight is 322 g/mol. The summed E-state index contributed by atoms with van der Waals surface area (Å²) in [6.45, 7) is 0. The van der Waals surface area contributed by atoms with Crippen LogP contribution in [0.15, 0.2) is 0 Å². The summed E-state index contributed by atoms with van der Waals surface area (Å²) in [6, 6.07) is 0. The highest BCUT2D eigenvalue weighted by Gasteiger charge is 2.32. The lowest BCUT2D eigenvalue weighted by molar-refractivity contribution is -0.177. The van der Waals surface area contributed by atoms with Gasteiger partial charge in [-0.25, -0.2) is 14.4 Å². The van der Waals surface area contributed by atoms with Crippen LogP contribution in [-0.2, 0) is 23.9 Å². The van der Waals surface area contributed by atoms with Crippen molar-refractivity contribution in [3.05, 3.63) is 0 Å². The molecule has 0 saturated carbocycles. The molecule has 1 heterocycles. The van der Waals surface area contributed by atoms with E-state index in [0.717, 1.165) is 0 Å². The lowest BCUT2D eigenvalue weighted by atomic mass is 10.1. The number of aliphatic carboxylic acids is 3. The van der Waals surface area contributed by atoms with E-state index in [1.807, 2.05) is 0 Å². The van der Waals surface area contributed by atoms with E-state index in [2.05, 4.69) is 4.74 Å². The molecule has 3 unspecified atom stereocenters. The predicted molar refractivity (Wildman–Crippen MR) is 67.9 cm³/mol. The third-order valence-electron chi connectivity index (χ3n) is 2.66. The van der Waals surface area contributed by atoms with Crippen LogP contribution in [0.5, 0.6) is 0 Å². The second-order valence-electron chi connectivity index (χ2n) is 4.50. The van der Waals surface area contributed by atoms with Gasteiger partial charge in [-0.05, 0) is 25.7 Å². The van der Waals surface area contributed by atoms with Crippen LogP contribution in [0.4, 0.5) is 0 Å². The summed E-state index contributed by atoms with van der Waals surface area (Å²) in [6.07, 6.45) is -3.25. The van der Waals surface area contributed by atoms with Crippen molar-refractivity contribution in [3.63, 3.8) is 0 Å². The van der Waals surface area contributed by atoms with Crippen LogP contribution in [0.25, 0.3) is 0 Å². The fraction of sp³-hybridized carbons (Fsp3) is 0.667. The lowest BCUT2D eigenvalue weighted by Crippen LogP contribution is -2.38. The molecule has 0 aromatic carbocycles. The van der Waals surface area contributed by atoms with Gasteiger partial charge in [-0.2, -0.15) is 0 Å². The van der Waals surface area contributed by atoms with Gasteiger partial charge in [0.15, 0.2) is 18.3 Å². The largest absolute Gasteiger partial charge is 0.481 e. The van der Waals surface area contributed by atoms with Crippen LogP contribution in [0.2, 0.25) is 0 Å². The van der Waals surface area contributed by atoms with Gasteiger partial charge >= 0.3 is 23.9 Å². The van der Waals surface area contributed by atoms with Gasteiger partial charge in [0, 0.05) is 6.42 Å². The maximum absolute atomic E-state index is 10.6. The zero-order valence-electron chi connectivity index (χ0n) is 11.5. The number of carbonyl (C=O) groups is 4. The van der Waals surface area contributed by atoms with Crippen molar-refractivity contribution in [2.75, 3.05) is 0 Å². The summed E-state index contributed by atoms with van der Waals surface area (Å²) in [5.74, 6) is -4.30. The van der Waals surface area contributed by atoms with Crippen LogP contribution < -0.4 is 0 Å². The van der Waals surface area contributed by atoms with Gasteiger partial charge in [-0.1, -0.05) is 0 Å². The zero-order valence-corrected chi connectivity index (χ0v) is 11.5. The highest BCUT2D eigenvalue weighted by Crippen LogP contribution is 2.14. The molecule has 1 aliphatic heterocycles. The SMILES string of the molecule is O=C(O)CCCC(O)C(=O)O.O=C1OC(C(=O)O)CCC1O. The Morgan fingerprint density at radius 2 is 1.77 bits per heavy atom. The Morgan fingerprint density at radius 1 is 1.18 bits per heavy atom. The molecule has 10 heteroatoms. The van der Waals surface area contributed by atoms with E-state index in [1.165, 1.54) is 0 Å². The quantitative estimate of drug-likeness (QED) is 0.374. The van der Waals surface area contributed by atoms with Gasteiger partial charge in [0.05, 0.1) is 0 Å². The Kier molecular flexibility index (Phi) is 8.72. The van der Waals surface area contributed by atoms with Gasteiger partial charge in [0.1, 0.15) is 0 Å². The van der Waals surface area contributed by atoms with E-state index in [0.29, 0.717) is 0 Å². The molecular formula is C12H18O10. The number of carbonyl (C=O) groups excluding carboxylic acids is 1. The van der Waals surface area contributed by atoms with Crippen molar-refractivity contribution >= 4 is 23.9 Å². The minimum atomic E-state index is -1.44. The first-order valence-electron chi connectivity index (χ1n) is 6.39. The number of aliphatic hydroxyl groups excluding tert-OH is 2. The number of cyclic esters (lactones) is 1. The normalized spacial score (nSPS) is 21.8. The second-order valence-corrected chi connectivity index (χ2v) is 4.50. The van der Waals surface area contributed by atoms with E-state index in [-0.39, 0.29) is 32.1 Å². The van der Waals surface area contributed by atoms with Crippen molar-refractivity contribution in [2.24, 2.45) is 0 Å². The number of carboxylic acids is 3. The fourth-order valence-electron chi connectivity index (χ4n) is 1.45. The summed E-state index contributed by atoms with van der Waals surface area (Å²) < 4.78 is 4.37. The number of hydrogen-bond acceptors (Lipinski definition) is 7. The molecule has 1 saturated heterocycles. The van der Waals surface area contributed by atoms with E-state index >= 15 is 0 Å². The van der Waals surface area contributed by atoms with Gasteiger partial charge in [-0.15, -0.1) is 0 Å². The molecule has 126 valence electrons. The Morgan fingerprint density at radius 3 is 2.18 bits per heavy atom. The standard InChI is InChI=1S/C6H8O5.C6H10O5/c7-3-1-2-4(5(8)9)11-6(3)10;7-4(6(10)11)2-1-3-5(8)9/h3-4,7H,1-2H2,(H,8,9);4,7H,1-3H2,(H,8,9)(H,10,11). The van der Waals surface area contributed by atoms with Crippen molar-refractivity contribution in [3.8, 4) is 0 Å². The van der Waals surface area contributed by atoms with Crippen LogP contribution in [0, 0.1) is 0 Å². The third-order valence-corrected chi connectivity index (χ3v) is 2.66. The Hall–Kier alpha value is -2.20. The van der Waals surface area contributed by atoms with Crippen molar-refractivity contribution in [2.45, 2.75) is 50.4 Å². The molecule has 1 aliphatic rings. The second kappa shape index (κ2) is 9.68. The zero-order chi connectivity index (χ0) is 17.3. The van der Waals surface area contributed by atoms with Crippen molar-refractivity contribution < 1.29 is 49.4 Å². The molecule has 0 bridgehead atoms. The van der Waals surface area contributed by atoms with Crippen LogP contribution in [-0.4, -0.2) is 67.7 Å². The van der Waals surface area contributed by atoms with E-state index in [9.17, 15) is 19.2 Å². The van der Waals surface area contributed by atoms with Crippen LogP contribution >= 0.6 is 0 Å². The summed E-state index contributed by atoms with van der Waals surface area (Å²) in [5, 5.41) is 42.1. The molecule has 1 rings (SSSR count). The molecule has 3 atom stereocenters. The number of carboxylic acid groups (broad SMARTS) is 3. The highest BCUT2D eigenvalue weighted by molar-refractivity contribution is 5.81. The molecule has 10 nitrogen and oxygen atoms in total. The number of aliphatic hydroxyl groups is 2. The summed E-state index contributed by atoms with van der Waals surface area (Å²) in [5.41, 5.74) is 0. The summed E-state index contributed by atoms with van der Waals surface area (Å²) in [4.78, 5) is 40.7. The maximum Gasteiger partial charge on any atom is 0.345 e. The van der Waals surface area contributed by atoms with Gasteiger partial charge in [0.25, 0.3) is 0 Å². The summed E-state index contributed by atoms with van der Waals surface area (Å²) in [7, 11) is 0. The first-order valence-corrected chi connectivity index (χ1v) is 6.39. The monoisotopic (exact) mass is 322 g/mol. The van der Waals surface area contributed by atoms with E-state index in [4.69, 9.17) is 25.5 Å². The molecule has 0 aromatic heterocycles. The highest BCUT2D eigenvalue weighted by atomic mass is 16.6. The minimum Gasteiger partial charge on any atom is -0.481 e. The fourth-order valence-corrected chi connectivity index (χ4v) is 1.45. The number of hydrogen-bond donors (Lipinski definition) is 5. The molecule has 22 heavy (non-hydrogen) atoms. The van der Waals surface area contributed by atoms with Gasteiger partial charge in [0.2, 0.25) is 0 Å². The molecule has 0 aliphatic carbocycles. The molecule has 0 aromatic rings. The Bertz CT molecular complexity index is 416. The molecule has 0 amide bonds. The lowest BCUT2D eigenvalue weighted by Gasteiger charge is -2.21. The molecule has 0 radical (unpaired) electrons.